The van der Waals surface area contributed by atoms with Gasteiger partial charge in [-0.3, -0.25) is 0 Å². The van der Waals surface area contributed by atoms with Gasteiger partial charge in [-0.05, 0) is 54.8 Å². The fraction of sp³-hybridized carbons (Fsp3) is 0.571. The number of halogens is 1. The maximum absolute atomic E-state index is 12.8. The number of hydrogen-bond acceptors (Lipinski definition) is 1. The van der Waals surface area contributed by atoms with Gasteiger partial charge in [-0.2, -0.15) is 0 Å². The normalized spacial score (nSPS) is 29.6. The van der Waals surface area contributed by atoms with E-state index in [1.807, 2.05) is 12.1 Å². The first kappa shape index (κ1) is 11.6. The van der Waals surface area contributed by atoms with E-state index >= 15 is 0 Å². The second-order valence-electron chi connectivity index (χ2n) is 5.36. The third-order valence-electron chi connectivity index (χ3n) is 3.87. The average molecular weight is 221 g/mol. The molecule has 0 spiro atoms. The first-order valence-corrected chi connectivity index (χ1v) is 6.08. The molecule has 2 rings (SSSR count). The van der Waals surface area contributed by atoms with Gasteiger partial charge in [0.1, 0.15) is 5.82 Å². The van der Waals surface area contributed by atoms with Crippen LogP contribution in [0.4, 0.5) is 4.39 Å². The van der Waals surface area contributed by atoms with E-state index in [0.717, 1.165) is 18.9 Å². The van der Waals surface area contributed by atoms with Gasteiger partial charge in [-0.15, -0.1) is 0 Å². The van der Waals surface area contributed by atoms with Crippen LogP contribution in [0.3, 0.4) is 0 Å². The molecular formula is C14H20FN. The molecule has 0 radical (unpaired) electrons. The van der Waals surface area contributed by atoms with E-state index in [2.05, 4.69) is 6.92 Å². The minimum Gasteiger partial charge on any atom is -0.330 e. The summed E-state index contributed by atoms with van der Waals surface area (Å²) in [5, 5.41) is 0. The fourth-order valence-corrected chi connectivity index (χ4v) is 2.95. The lowest BCUT2D eigenvalue weighted by Crippen LogP contribution is -2.30. The van der Waals surface area contributed by atoms with Gasteiger partial charge < -0.3 is 5.73 Å². The molecule has 2 heteroatoms. The molecular weight excluding hydrogens is 201 g/mol. The van der Waals surface area contributed by atoms with Crippen molar-refractivity contribution in [3.8, 4) is 0 Å². The Labute approximate surface area is 96.9 Å². The Hall–Kier alpha value is -0.890. The summed E-state index contributed by atoms with van der Waals surface area (Å²) >= 11 is 0. The molecule has 16 heavy (non-hydrogen) atoms. The molecule has 2 unspecified atom stereocenters. The lowest BCUT2D eigenvalue weighted by Gasteiger charge is -2.27. The Morgan fingerprint density at radius 1 is 1.38 bits per heavy atom. The highest BCUT2D eigenvalue weighted by Crippen LogP contribution is 2.43. The van der Waals surface area contributed by atoms with Gasteiger partial charge in [0.2, 0.25) is 0 Å². The summed E-state index contributed by atoms with van der Waals surface area (Å²) in [5.41, 5.74) is 7.41. The molecule has 2 N–H and O–H groups in total. The molecule has 0 amide bonds. The van der Waals surface area contributed by atoms with E-state index < -0.39 is 0 Å². The van der Waals surface area contributed by atoms with Crippen molar-refractivity contribution in [1.29, 1.82) is 0 Å². The van der Waals surface area contributed by atoms with E-state index in [-0.39, 0.29) is 11.2 Å². The highest BCUT2D eigenvalue weighted by atomic mass is 19.1. The van der Waals surface area contributed by atoms with Crippen molar-refractivity contribution in [3.05, 3.63) is 35.6 Å². The van der Waals surface area contributed by atoms with Crippen molar-refractivity contribution in [1.82, 2.24) is 0 Å². The van der Waals surface area contributed by atoms with Gasteiger partial charge in [0.05, 0.1) is 0 Å². The van der Waals surface area contributed by atoms with Gasteiger partial charge in [0, 0.05) is 0 Å². The van der Waals surface area contributed by atoms with Crippen LogP contribution in [0.1, 0.15) is 31.7 Å². The summed E-state index contributed by atoms with van der Waals surface area (Å²) < 4.78 is 12.8. The van der Waals surface area contributed by atoms with Crippen molar-refractivity contribution < 1.29 is 4.39 Å². The zero-order valence-corrected chi connectivity index (χ0v) is 9.88. The van der Waals surface area contributed by atoms with Crippen LogP contribution in [0.25, 0.3) is 0 Å². The van der Waals surface area contributed by atoms with Gasteiger partial charge in [0.25, 0.3) is 0 Å². The van der Waals surface area contributed by atoms with Crippen LogP contribution in [0.2, 0.25) is 0 Å². The molecule has 1 fully saturated rings. The number of rotatable bonds is 3. The van der Waals surface area contributed by atoms with Crippen LogP contribution in [0.5, 0.6) is 0 Å². The molecule has 1 aliphatic rings. The second-order valence-corrected chi connectivity index (χ2v) is 5.36. The quantitative estimate of drug-likeness (QED) is 0.833. The van der Waals surface area contributed by atoms with Crippen molar-refractivity contribution in [3.63, 3.8) is 0 Å². The van der Waals surface area contributed by atoms with E-state index in [4.69, 9.17) is 5.73 Å². The van der Waals surface area contributed by atoms with Crippen molar-refractivity contribution in [2.45, 2.75) is 32.6 Å². The summed E-state index contributed by atoms with van der Waals surface area (Å²) in [6.45, 7) is 3.04. The van der Waals surface area contributed by atoms with Crippen LogP contribution < -0.4 is 5.73 Å². The second kappa shape index (κ2) is 4.54. The van der Waals surface area contributed by atoms with Crippen LogP contribution >= 0.6 is 0 Å². The molecule has 0 bridgehead atoms. The molecule has 1 aromatic rings. The Balaban J connectivity index is 2.10. The molecule has 0 heterocycles. The Bertz CT molecular complexity index is 346. The van der Waals surface area contributed by atoms with E-state index in [1.165, 1.54) is 37.0 Å². The zero-order valence-electron chi connectivity index (χ0n) is 9.88. The highest BCUT2D eigenvalue weighted by Gasteiger charge is 2.36. The summed E-state index contributed by atoms with van der Waals surface area (Å²) in [7, 11) is 0. The summed E-state index contributed by atoms with van der Waals surface area (Å²) in [6, 6.07) is 6.85. The minimum absolute atomic E-state index is 0.162. The Morgan fingerprint density at radius 3 is 2.56 bits per heavy atom. The van der Waals surface area contributed by atoms with Crippen molar-refractivity contribution in [2.24, 2.45) is 17.1 Å². The third kappa shape index (κ3) is 2.43. The predicted molar refractivity (Wildman–Crippen MR) is 64.6 cm³/mol. The monoisotopic (exact) mass is 221 g/mol. The first-order valence-electron chi connectivity index (χ1n) is 6.08. The number of nitrogens with two attached hydrogens (primary N) is 1. The zero-order chi connectivity index (χ0) is 11.6. The van der Waals surface area contributed by atoms with E-state index in [9.17, 15) is 4.39 Å². The lowest BCUT2D eigenvalue weighted by molar-refractivity contribution is 0.295. The fourth-order valence-electron chi connectivity index (χ4n) is 2.95. The van der Waals surface area contributed by atoms with Gasteiger partial charge >= 0.3 is 0 Å². The Morgan fingerprint density at radius 2 is 2.06 bits per heavy atom. The molecule has 0 aliphatic heterocycles. The molecule has 2 atom stereocenters. The maximum Gasteiger partial charge on any atom is 0.123 e. The summed E-state index contributed by atoms with van der Waals surface area (Å²) in [4.78, 5) is 0. The van der Waals surface area contributed by atoms with Crippen LogP contribution in [-0.4, -0.2) is 6.54 Å². The van der Waals surface area contributed by atoms with Crippen LogP contribution in [0.15, 0.2) is 24.3 Å². The molecule has 1 aliphatic carbocycles. The van der Waals surface area contributed by atoms with Gasteiger partial charge in [-0.1, -0.05) is 25.5 Å². The number of benzene rings is 1. The van der Waals surface area contributed by atoms with Crippen LogP contribution in [-0.2, 0) is 6.42 Å². The smallest absolute Gasteiger partial charge is 0.123 e. The largest absolute Gasteiger partial charge is 0.330 e. The topological polar surface area (TPSA) is 26.0 Å². The number of hydrogen-bond donors (Lipinski definition) is 1. The molecule has 88 valence electrons. The van der Waals surface area contributed by atoms with Crippen molar-refractivity contribution in [2.75, 3.05) is 6.54 Å². The lowest BCUT2D eigenvalue weighted by atomic mass is 9.79. The van der Waals surface area contributed by atoms with Gasteiger partial charge in [-0.25, -0.2) is 4.39 Å². The molecule has 1 aromatic carbocycles. The summed E-state index contributed by atoms with van der Waals surface area (Å²) in [6.07, 6.45) is 4.69. The SMILES string of the molecule is CC1CCC(CN)(Cc2ccc(F)cc2)C1. The molecule has 1 nitrogen and oxygen atoms in total. The highest BCUT2D eigenvalue weighted by molar-refractivity contribution is 5.18. The van der Waals surface area contributed by atoms with Crippen molar-refractivity contribution >= 4 is 0 Å². The van der Waals surface area contributed by atoms with E-state index in [1.54, 1.807) is 0 Å². The molecule has 0 saturated heterocycles. The summed E-state index contributed by atoms with van der Waals surface area (Å²) in [5.74, 6) is 0.620. The van der Waals surface area contributed by atoms with Crippen LogP contribution in [0, 0.1) is 17.2 Å². The van der Waals surface area contributed by atoms with E-state index in [0.29, 0.717) is 0 Å². The Kier molecular flexibility index (Phi) is 3.29. The third-order valence-corrected chi connectivity index (χ3v) is 3.87. The minimum atomic E-state index is -0.162. The first-order chi connectivity index (χ1) is 7.63. The molecule has 0 aromatic heterocycles. The molecule has 1 saturated carbocycles. The van der Waals surface area contributed by atoms with Gasteiger partial charge in [0.15, 0.2) is 0 Å². The average Bonchev–Trinajstić information content (AvgIpc) is 2.64. The standard InChI is InChI=1S/C14H20FN/c1-11-6-7-14(8-11,10-16)9-12-2-4-13(15)5-3-12/h2-5,11H,6-10,16H2,1H3. The maximum atomic E-state index is 12.8. The predicted octanol–water partition coefficient (Wildman–Crippen LogP) is 3.13.